The second kappa shape index (κ2) is 5.15. The van der Waals surface area contributed by atoms with Gasteiger partial charge in [-0.2, -0.15) is 0 Å². The van der Waals surface area contributed by atoms with Crippen LogP contribution in [0, 0.1) is 6.92 Å². The average Bonchev–Trinajstić information content (AvgIpc) is 2.24. The van der Waals surface area contributed by atoms with Crippen LogP contribution >= 0.6 is 15.9 Å². The Hall–Kier alpha value is -0.610. The zero-order valence-corrected chi connectivity index (χ0v) is 11.1. The van der Waals surface area contributed by atoms with Crippen LogP contribution in [0.25, 0.3) is 0 Å². The lowest BCUT2D eigenvalue weighted by Crippen LogP contribution is -2.34. The van der Waals surface area contributed by atoms with E-state index in [2.05, 4.69) is 39.2 Å². The van der Waals surface area contributed by atoms with Gasteiger partial charge in [0.25, 0.3) is 0 Å². The molecular weight excluding hydrogens is 266 g/mol. The summed E-state index contributed by atoms with van der Waals surface area (Å²) in [7, 11) is 0. The Morgan fingerprint density at radius 1 is 1.50 bits per heavy atom. The molecule has 2 unspecified atom stereocenters. The highest BCUT2D eigenvalue weighted by Crippen LogP contribution is 2.22. The normalized spacial score (nSPS) is 25.4. The first-order valence-electron chi connectivity index (χ1n) is 5.79. The zero-order valence-electron chi connectivity index (χ0n) is 9.54. The van der Waals surface area contributed by atoms with Crippen molar-refractivity contribution in [1.82, 2.24) is 4.98 Å². The Balaban J connectivity index is 2.00. The molecule has 0 bridgehead atoms. The molecule has 1 aromatic heterocycles. The van der Waals surface area contributed by atoms with Crippen molar-refractivity contribution in [2.24, 2.45) is 5.73 Å². The Bertz CT molecular complexity index is 367. The van der Waals surface area contributed by atoms with Crippen LogP contribution in [0.5, 0.6) is 0 Å². The molecule has 2 atom stereocenters. The van der Waals surface area contributed by atoms with Gasteiger partial charge in [-0.1, -0.05) is 0 Å². The van der Waals surface area contributed by atoms with E-state index in [0.29, 0.717) is 12.1 Å². The van der Waals surface area contributed by atoms with Crippen molar-refractivity contribution < 1.29 is 0 Å². The van der Waals surface area contributed by atoms with Crippen LogP contribution in [0.15, 0.2) is 16.9 Å². The summed E-state index contributed by atoms with van der Waals surface area (Å²) in [6, 6.07) is 2.99. The standard InChI is InChI=1S/C12H18BrN3/c1-8-5-11(7-15-12(8)13)16-10-4-2-3-9(14)6-10/h5,7,9-10,16H,2-4,6,14H2,1H3. The number of hydrogen-bond acceptors (Lipinski definition) is 3. The van der Waals surface area contributed by atoms with Crippen LogP contribution < -0.4 is 11.1 Å². The molecule has 1 fully saturated rings. The molecular formula is C12H18BrN3. The first-order chi connectivity index (χ1) is 7.65. The van der Waals surface area contributed by atoms with E-state index >= 15 is 0 Å². The van der Waals surface area contributed by atoms with Gasteiger partial charge in [-0.15, -0.1) is 0 Å². The van der Waals surface area contributed by atoms with Gasteiger partial charge in [0.05, 0.1) is 11.9 Å². The summed E-state index contributed by atoms with van der Waals surface area (Å²) in [5.74, 6) is 0. The lowest BCUT2D eigenvalue weighted by molar-refractivity contribution is 0.409. The van der Waals surface area contributed by atoms with Gasteiger partial charge in [0.1, 0.15) is 4.60 Å². The number of nitrogens with two attached hydrogens (primary N) is 1. The molecule has 0 aromatic carbocycles. The monoisotopic (exact) mass is 283 g/mol. The quantitative estimate of drug-likeness (QED) is 0.821. The van der Waals surface area contributed by atoms with Crippen molar-refractivity contribution in [3.63, 3.8) is 0 Å². The van der Waals surface area contributed by atoms with Crippen LogP contribution in [0.4, 0.5) is 5.69 Å². The number of halogens is 1. The summed E-state index contributed by atoms with van der Waals surface area (Å²) in [6.07, 6.45) is 6.53. The van der Waals surface area contributed by atoms with E-state index in [1.165, 1.54) is 12.8 Å². The van der Waals surface area contributed by atoms with E-state index in [9.17, 15) is 0 Å². The minimum Gasteiger partial charge on any atom is -0.381 e. The second-order valence-electron chi connectivity index (χ2n) is 4.60. The minimum absolute atomic E-state index is 0.357. The maximum absolute atomic E-state index is 5.97. The first kappa shape index (κ1) is 11.9. The van der Waals surface area contributed by atoms with Gasteiger partial charge in [-0.25, -0.2) is 4.98 Å². The Morgan fingerprint density at radius 3 is 3.00 bits per heavy atom. The summed E-state index contributed by atoms with van der Waals surface area (Å²) < 4.78 is 0.915. The summed E-state index contributed by atoms with van der Waals surface area (Å²) in [5, 5.41) is 3.52. The Morgan fingerprint density at radius 2 is 2.31 bits per heavy atom. The van der Waals surface area contributed by atoms with E-state index < -0.39 is 0 Å². The third kappa shape index (κ3) is 2.95. The predicted molar refractivity (Wildman–Crippen MR) is 70.5 cm³/mol. The molecule has 0 aliphatic heterocycles. The molecule has 2 rings (SSSR count). The van der Waals surface area contributed by atoms with Gasteiger partial charge >= 0.3 is 0 Å². The van der Waals surface area contributed by atoms with Gasteiger partial charge < -0.3 is 11.1 Å². The molecule has 4 heteroatoms. The molecule has 1 saturated carbocycles. The molecule has 0 radical (unpaired) electrons. The Kier molecular flexibility index (Phi) is 3.82. The molecule has 0 saturated heterocycles. The smallest absolute Gasteiger partial charge is 0.109 e. The van der Waals surface area contributed by atoms with Crippen LogP contribution in [0.3, 0.4) is 0 Å². The zero-order chi connectivity index (χ0) is 11.5. The third-order valence-corrected chi connectivity index (χ3v) is 3.93. The summed E-state index contributed by atoms with van der Waals surface area (Å²) in [4.78, 5) is 4.29. The van der Waals surface area contributed by atoms with E-state index in [1.54, 1.807) is 0 Å². The fourth-order valence-electron chi connectivity index (χ4n) is 2.23. The molecule has 1 heterocycles. The third-order valence-electron chi connectivity index (χ3n) is 3.10. The van der Waals surface area contributed by atoms with Crippen molar-refractivity contribution in [2.75, 3.05) is 5.32 Å². The number of aromatic nitrogens is 1. The van der Waals surface area contributed by atoms with Gasteiger partial charge in [0.2, 0.25) is 0 Å². The summed E-state index contributed by atoms with van der Waals surface area (Å²) in [5.41, 5.74) is 8.22. The van der Waals surface area contributed by atoms with Gasteiger partial charge in [0, 0.05) is 12.1 Å². The molecule has 0 amide bonds. The number of nitrogens with zero attached hydrogens (tertiary/aromatic N) is 1. The van der Waals surface area contributed by atoms with Crippen molar-refractivity contribution in [3.05, 3.63) is 22.4 Å². The molecule has 88 valence electrons. The van der Waals surface area contributed by atoms with Crippen LogP contribution in [-0.4, -0.2) is 17.1 Å². The maximum Gasteiger partial charge on any atom is 0.109 e. The van der Waals surface area contributed by atoms with Crippen molar-refractivity contribution >= 4 is 21.6 Å². The van der Waals surface area contributed by atoms with Crippen LogP contribution in [0.1, 0.15) is 31.2 Å². The first-order valence-corrected chi connectivity index (χ1v) is 6.58. The van der Waals surface area contributed by atoms with Gasteiger partial charge in [0.15, 0.2) is 0 Å². The fraction of sp³-hybridized carbons (Fsp3) is 0.583. The predicted octanol–water partition coefficient (Wildman–Crippen LogP) is 2.83. The van der Waals surface area contributed by atoms with Crippen molar-refractivity contribution in [1.29, 1.82) is 0 Å². The largest absolute Gasteiger partial charge is 0.381 e. The number of pyridine rings is 1. The number of rotatable bonds is 2. The molecule has 1 aliphatic rings. The molecule has 1 aliphatic carbocycles. The van der Waals surface area contributed by atoms with E-state index in [4.69, 9.17) is 5.73 Å². The highest BCUT2D eigenvalue weighted by atomic mass is 79.9. The van der Waals surface area contributed by atoms with Gasteiger partial charge in [-0.3, -0.25) is 0 Å². The van der Waals surface area contributed by atoms with E-state index in [-0.39, 0.29) is 0 Å². The van der Waals surface area contributed by atoms with Crippen LogP contribution in [-0.2, 0) is 0 Å². The van der Waals surface area contributed by atoms with E-state index in [1.807, 2.05) is 6.20 Å². The highest BCUT2D eigenvalue weighted by Gasteiger charge is 2.18. The highest BCUT2D eigenvalue weighted by molar-refractivity contribution is 9.10. The lowest BCUT2D eigenvalue weighted by Gasteiger charge is -2.28. The number of anilines is 1. The van der Waals surface area contributed by atoms with Crippen molar-refractivity contribution in [2.45, 2.75) is 44.7 Å². The molecule has 1 aromatic rings. The molecule has 3 nitrogen and oxygen atoms in total. The van der Waals surface area contributed by atoms with Crippen LogP contribution in [0.2, 0.25) is 0 Å². The van der Waals surface area contributed by atoms with Crippen molar-refractivity contribution in [3.8, 4) is 0 Å². The average molecular weight is 284 g/mol. The maximum atomic E-state index is 5.97. The van der Waals surface area contributed by atoms with E-state index in [0.717, 1.165) is 28.7 Å². The fourth-order valence-corrected chi connectivity index (χ4v) is 2.45. The molecule has 0 spiro atoms. The summed E-state index contributed by atoms with van der Waals surface area (Å²) in [6.45, 7) is 2.05. The summed E-state index contributed by atoms with van der Waals surface area (Å²) >= 11 is 3.41. The number of nitrogens with one attached hydrogen (secondary N) is 1. The SMILES string of the molecule is Cc1cc(NC2CCCC(N)C2)cnc1Br. The molecule has 16 heavy (non-hydrogen) atoms. The number of aryl methyl sites for hydroxylation is 1. The topological polar surface area (TPSA) is 50.9 Å². The molecule has 3 N–H and O–H groups in total. The lowest BCUT2D eigenvalue weighted by atomic mass is 9.91. The minimum atomic E-state index is 0.357. The van der Waals surface area contributed by atoms with Gasteiger partial charge in [-0.05, 0) is 60.2 Å². The second-order valence-corrected chi connectivity index (χ2v) is 5.35. The Labute approximate surface area is 105 Å². The number of hydrogen-bond donors (Lipinski definition) is 2.